The van der Waals surface area contributed by atoms with Crippen molar-refractivity contribution < 1.29 is 23.7 Å². The predicted octanol–water partition coefficient (Wildman–Crippen LogP) is 4.62. The number of ketones is 1. The number of carbonyl (C=O) groups excluding carboxylic acids is 2. The van der Waals surface area contributed by atoms with Crippen LogP contribution in [-0.4, -0.2) is 44.1 Å². The van der Waals surface area contributed by atoms with Gasteiger partial charge in [-0.2, -0.15) is 0 Å². The van der Waals surface area contributed by atoms with Crippen molar-refractivity contribution in [1.82, 2.24) is 5.48 Å². The first-order chi connectivity index (χ1) is 17.8. The molecule has 1 atom stereocenters. The van der Waals surface area contributed by atoms with Crippen LogP contribution in [0.15, 0.2) is 72.3 Å². The minimum Gasteiger partial charge on any atom is -0.399 e. The average molecular weight is 518 g/mol. The van der Waals surface area contributed by atoms with E-state index >= 15 is 0 Å². The Bertz CT molecular complexity index is 1170. The van der Waals surface area contributed by atoms with Crippen LogP contribution in [-0.2, 0) is 25.5 Å². The van der Waals surface area contributed by atoms with Gasteiger partial charge in [0.1, 0.15) is 0 Å². The van der Waals surface area contributed by atoms with Gasteiger partial charge in [-0.1, -0.05) is 48.9 Å². The zero-order valence-electron chi connectivity index (χ0n) is 23.7. The third kappa shape index (κ3) is 7.44. The van der Waals surface area contributed by atoms with Gasteiger partial charge in [-0.05, 0) is 69.9 Å². The lowest BCUT2D eigenvalue weighted by Gasteiger charge is -2.32. The van der Waals surface area contributed by atoms with Crippen LogP contribution in [0.25, 0.3) is 0 Å². The molecule has 202 valence electrons. The summed E-state index contributed by atoms with van der Waals surface area (Å²) in [7, 11) is 3.50. The molecule has 1 aliphatic heterocycles. The van der Waals surface area contributed by atoms with E-state index in [0.717, 1.165) is 22.3 Å². The Morgan fingerprint density at radius 2 is 1.55 bits per heavy atom. The van der Waals surface area contributed by atoms with Crippen molar-refractivity contribution in [1.29, 1.82) is 0 Å². The normalized spacial score (nSPS) is 17.5. The standard InChI is InChI=1S/C30H39BN2O5/c1-21(19-22(2)28(35)24-12-16-26(17-13-24)33(7)8)9-18-27(34)32-36-20-23-10-14-25(15-11-23)31-37-29(3,4)30(5,6)38-31/h9-19,22H,20H2,1-8H3,(H,32,34)/b18-9+,21-19+. The first-order valence-corrected chi connectivity index (χ1v) is 12.8. The molecule has 0 aliphatic carbocycles. The molecule has 1 aliphatic rings. The van der Waals surface area contributed by atoms with Crippen LogP contribution in [0.4, 0.5) is 5.69 Å². The Labute approximate surface area is 226 Å². The van der Waals surface area contributed by atoms with Crippen LogP contribution in [0.1, 0.15) is 57.5 Å². The Morgan fingerprint density at radius 1 is 0.974 bits per heavy atom. The maximum atomic E-state index is 12.7. The van der Waals surface area contributed by atoms with E-state index in [1.807, 2.05) is 115 Å². The maximum absolute atomic E-state index is 12.7. The second-order valence-electron chi connectivity index (χ2n) is 10.9. The Kier molecular flexibility index (Phi) is 9.36. The number of rotatable bonds is 10. The summed E-state index contributed by atoms with van der Waals surface area (Å²) in [5.74, 6) is -0.672. The number of hydroxylamine groups is 1. The van der Waals surface area contributed by atoms with E-state index in [9.17, 15) is 9.59 Å². The van der Waals surface area contributed by atoms with Crippen LogP contribution in [0, 0.1) is 5.92 Å². The van der Waals surface area contributed by atoms with E-state index in [1.54, 1.807) is 6.08 Å². The molecule has 1 heterocycles. The van der Waals surface area contributed by atoms with Gasteiger partial charge in [0.05, 0.1) is 17.8 Å². The van der Waals surface area contributed by atoms with Crippen molar-refractivity contribution >= 4 is 30.0 Å². The summed E-state index contributed by atoms with van der Waals surface area (Å²) in [4.78, 5) is 32.2. The fourth-order valence-corrected chi connectivity index (χ4v) is 3.89. The zero-order chi connectivity index (χ0) is 28.1. The molecule has 0 saturated carbocycles. The molecule has 7 nitrogen and oxygen atoms in total. The fourth-order valence-electron chi connectivity index (χ4n) is 3.89. The van der Waals surface area contributed by atoms with Crippen molar-refractivity contribution in [2.45, 2.75) is 59.4 Å². The summed E-state index contributed by atoms with van der Waals surface area (Å²) < 4.78 is 12.2. The summed E-state index contributed by atoms with van der Waals surface area (Å²) in [5.41, 5.74) is 5.97. The first-order valence-electron chi connectivity index (χ1n) is 12.8. The highest BCUT2D eigenvalue weighted by atomic mass is 16.7. The summed E-state index contributed by atoms with van der Waals surface area (Å²) >= 11 is 0. The minimum atomic E-state index is -0.419. The van der Waals surface area contributed by atoms with Gasteiger partial charge in [-0.3, -0.25) is 14.4 Å². The molecule has 38 heavy (non-hydrogen) atoms. The molecule has 1 unspecified atom stereocenters. The van der Waals surface area contributed by atoms with E-state index in [-0.39, 0.29) is 24.2 Å². The maximum Gasteiger partial charge on any atom is 0.494 e. The number of allylic oxidation sites excluding steroid dienone is 3. The molecule has 1 amide bonds. The van der Waals surface area contributed by atoms with Gasteiger partial charge >= 0.3 is 7.12 Å². The van der Waals surface area contributed by atoms with Gasteiger partial charge in [-0.25, -0.2) is 5.48 Å². The van der Waals surface area contributed by atoms with Crippen LogP contribution in [0.2, 0.25) is 0 Å². The van der Waals surface area contributed by atoms with Gasteiger partial charge in [0.2, 0.25) is 0 Å². The molecule has 1 N–H and O–H groups in total. The number of carbonyl (C=O) groups is 2. The molecule has 1 fully saturated rings. The number of amides is 1. The van der Waals surface area contributed by atoms with Gasteiger partial charge in [0.15, 0.2) is 5.78 Å². The number of nitrogens with one attached hydrogen (secondary N) is 1. The molecule has 0 radical (unpaired) electrons. The topological polar surface area (TPSA) is 77.1 Å². The average Bonchev–Trinajstić information content (AvgIpc) is 3.09. The van der Waals surface area contributed by atoms with Crippen LogP contribution < -0.4 is 15.8 Å². The van der Waals surface area contributed by atoms with E-state index in [2.05, 4.69) is 5.48 Å². The molecule has 0 spiro atoms. The van der Waals surface area contributed by atoms with E-state index in [1.165, 1.54) is 6.08 Å². The molecule has 2 aromatic carbocycles. The van der Waals surface area contributed by atoms with Crippen molar-refractivity contribution in [2.24, 2.45) is 5.92 Å². The third-order valence-electron chi connectivity index (χ3n) is 7.01. The van der Waals surface area contributed by atoms with E-state index in [4.69, 9.17) is 14.1 Å². The fraction of sp³-hybridized carbons (Fsp3) is 0.400. The van der Waals surface area contributed by atoms with Crippen molar-refractivity contribution in [3.05, 3.63) is 83.5 Å². The summed E-state index contributed by atoms with van der Waals surface area (Å²) in [6.07, 6.45) is 4.89. The number of nitrogens with zero attached hydrogens (tertiary/aromatic N) is 1. The third-order valence-corrected chi connectivity index (χ3v) is 7.01. The van der Waals surface area contributed by atoms with Gasteiger partial charge in [0, 0.05) is 37.3 Å². The van der Waals surface area contributed by atoms with Crippen molar-refractivity contribution in [3.8, 4) is 0 Å². The molecule has 0 bridgehead atoms. The Hall–Kier alpha value is -3.20. The van der Waals surface area contributed by atoms with Crippen LogP contribution in [0.5, 0.6) is 0 Å². The lowest BCUT2D eigenvalue weighted by atomic mass is 9.79. The highest BCUT2D eigenvalue weighted by molar-refractivity contribution is 6.62. The molecule has 8 heteroatoms. The highest BCUT2D eigenvalue weighted by Gasteiger charge is 2.51. The van der Waals surface area contributed by atoms with Gasteiger partial charge in [0.25, 0.3) is 5.91 Å². The van der Waals surface area contributed by atoms with Crippen LogP contribution >= 0.6 is 0 Å². The van der Waals surface area contributed by atoms with Gasteiger partial charge < -0.3 is 14.2 Å². The van der Waals surface area contributed by atoms with Gasteiger partial charge in [-0.15, -0.1) is 0 Å². The highest BCUT2D eigenvalue weighted by Crippen LogP contribution is 2.36. The quantitative estimate of drug-likeness (QED) is 0.163. The number of anilines is 1. The van der Waals surface area contributed by atoms with Crippen molar-refractivity contribution in [2.75, 3.05) is 19.0 Å². The molecule has 2 aromatic rings. The second-order valence-corrected chi connectivity index (χ2v) is 10.9. The zero-order valence-corrected chi connectivity index (χ0v) is 23.7. The van der Waals surface area contributed by atoms with Crippen molar-refractivity contribution in [3.63, 3.8) is 0 Å². The summed E-state index contributed by atoms with van der Waals surface area (Å²) in [5, 5.41) is 0. The second kappa shape index (κ2) is 12.1. The van der Waals surface area contributed by atoms with E-state index in [0.29, 0.717) is 5.56 Å². The number of hydrogen-bond acceptors (Lipinski definition) is 6. The first kappa shape index (κ1) is 29.4. The Morgan fingerprint density at radius 3 is 2.11 bits per heavy atom. The largest absolute Gasteiger partial charge is 0.494 e. The van der Waals surface area contributed by atoms with E-state index < -0.39 is 18.3 Å². The molecule has 0 aromatic heterocycles. The smallest absolute Gasteiger partial charge is 0.399 e. The number of Topliss-reactive ketones (excluding diaryl/α,β-unsaturated/α-hetero) is 1. The predicted molar refractivity (Wildman–Crippen MR) is 152 cm³/mol. The lowest BCUT2D eigenvalue weighted by Crippen LogP contribution is -2.41. The Balaban J connectivity index is 1.45. The SMILES string of the molecule is CC(/C=C/C(=O)NOCc1ccc(B2OC(C)(C)C(C)(C)O2)cc1)=C\C(C)C(=O)c1ccc(N(C)C)cc1. The molecular formula is C30H39BN2O5. The molecular weight excluding hydrogens is 479 g/mol. The summed E-state index contributed by atoms with van der Waals surface area (Å²) in [6.45, 7) is 12.0. The lowest BCUT2D eigenvalue weighted by molar-refractivity contribution is -0.129. The summed E-state index contributed by atoms with van der Waals surface area (Å²) in [6, 6.07) is 15.2. The molecule has 1 saturated heterocycles. The number of hydrogen-bond donors (Lipinski definition) is 1. The minimum absolute atomic E-state index is 0.0281. The monoisotopic (exact) mass is 518 g/mol. The number of benzene rings is 2. The molecule has 3 rings (SSSR count). The van der Waals surface area contributed by atoms with Crippen LogP contribution in [0.3, 0.4) is 0 Å².